The molecule has 0 spiro atoms. The van der Waals surface area contributed by atoms with Gasteiger partial charge in [0.2, 0.25) is 0 Å². The predicted octanol–water partition coefficient (Wildman–Crippen LogP) is 13.6. The van der Waals surface area contributed by atoms with Crippen LogP contribution >= 0.6 is 0 Å². The molecule has 0 rings (SSSR count). The molecule has 8 heteroatoms. The summed E-state index contributed by atoms with van der Waals surface area (Å²) in [5.74, 6) is -1.49. The lowest BCUT2D eigenvalue weighted by Crippen LogP contribution is -2.50. The zero-order valence-electron chi connectivity index (χ0n) is 39.0. The van der Waals surface area contributed by atoms with Crippen molar-refractivity contribution in [2.45, 2.75) is 219 Å². The molecule has 0 fully saturated rings. The first-order valence-corrected chi connectivity index (χ1v) is 24.2. The van der Waals surface area contributed by atoms with E-state index in [2.05, 4.69) is 62.5 Å². The van der Waals surface area contributed by atoms with Crippen LogP contribution in [0, 0.1) is 0 Å². The van der Waals surface area contributed by atoms with Crippen molar-refractivity contribution < 1.29 is 38.2 Å². The number of rotatable bonds is 43. The second kappa shape index (κ2) is 42.0. The molecule has 0 aromatic rings. The number of esters is 2. The van der Waals surface area contributed by atoms with Gasteiger partial charge in [0.25, 0.3) is 0 Å². The van der Waals surface area contributed by atoms with Crippen LogP contribution in [0.4, 0.5) is 0 Å². The first kappa shape index (κ1) is 56.3. The van der Waals surface area contributed by atoms with E-state index >= 15 is 0 Å². The molecule has 2 atom stereocenters. The van der Waals surface area contributed by atoms with Crippen LogP contribution in [0.2, 0.25) is 0 Å². The number of allylic oxidation sites excluding steroid dienone is 8. The van der Waals surface area contributed by atoms with E-state index < -0.39 is 18.1 Å². The molecule has 1 N–H and O–H groups in total. The Bertz CT molecular complexity index is 1110. The smallest absolute Gasteiger partial charge is 0.362 e. The summed E-state index contributed by atoms with van der Waals surface area (Å²) in [7, 11) is 5.52. The fourth-order valence-electron chi connectivity index (χ4n) is 7.05. The maximum atomic E-state index is 12.8. The molecule has 59 heavy (non-hydrogen) atoms. The molecule has 0 amide bonds. The zero-order valence-corrected chi connectivity index (χ0v) is 39.0. The minimum atomic E-state index is -0.879. The van der Waals surface area contributed by atoms with Gasteiger partial charge >= 0.3 is 17.9 Å². The molecule has 0 aliphatic carbocycles. The number of aliphatic carboxylic acids is 1. The zero-order chi connectivity index (χ0) is 43.5. The number of hydrogen-bond acceptors (Lipinski definition) is 6. The Kier molecular flexibility index (Phi) is 40.1. The van der Waals surface area contributed by atoms with E-state index in [4.69, 9.17) is 14.2 Å². The number of nitrogens with zero attached hydrogens (tertiary/aromatic N) is 1. The van der Waals surface area contributed by atoms with E-state index in [0.717, 1.165) is 64.2 Å². The summed E-state index contributed by atoms with van der Waals surface area (Å²) >= 11 is 0. The highest BCUT2D eigenvalue weighted by Crippen LogP contribution is 2.15. The molecule has 0 heterocycles. The van der Waals surface area contributed by atoms with E-state index in [0.29, 0.717) is 19.3 Å². The topological polar surface area (TPSA) is 99.1 Å². The number of carbonyl (C=O) groups is 3. The summed E-state index contributed by atoms with van der Waals surface area (Å²) in [6, 6.07) is -0.619. The van der Waals surface area contributed by atoms with Crippen molar-refractivity contribution >= 4 is 17.9 Å². The van der Waals surface area contributed by atoms with Crippen LogP contribution in [-0.4, -0.2) is 80.6 Å². The van der Waals surface area contributed by atoms with Crippen molar-refractivity contribution in [1.82, 2.24) is 0 Å². The summed E-state index contributed by atoms with van der Waals surface area (Å²) in [5, 5.41) is 9.64. The lowest BCUT2D eigenvalue weighted by Gasteiger charge is -2.31. The summed E-state index contributed by atoms with van der Waals surface area (Å²) in [6.45, 7) is 4.69. The monoisotopic (exact) mass is 831 g/mol. The Morgan fingerprint density at radius 1 is 0.508 bits per heavy atom. The van der Waals surface area contributed by atoms with Gasteiger partial charge < -0.3 is 23.8 Å². The van der Waals surface area contributed by atoms with Crippen molar-refractivity contribution in [2.75, 3.05) is 41.0 Å². The second-order valence-electron chi connectivity index (χ2n) is 17.5. The number of quaternary nitrogens is 1. The van der Waals surface area contributed by atoms with Gasteiger partial charge in [-0.25, -0.2) is 4.79 Å². The molecule has 0 saturated carbocycles. The van der Waals surface area contributed by atoms with Crippen LogP contribution in [0.15, 0.2) is 48.6 Å². The highest BCUT2D eigenvalue weighted by Gasteiger charge is 2.31. The number of likely N-dealkylation sites (N-methyl/N-ethyl adjacent to an activating group) is 1. The van der Waals surface area contributed by atoms with Crippen LogP contribution < -0.4 is 0 Å². The summed E-state index contributed by atoms with van der Waals surface area (Å²) < 4.78 is 17.3. The molecular formula is C51H92NO7+. The van der Waals surface area contributed by atoms with Gasteiger partial charge in [-0.05, 0) is 38.5 Å². The van der Waals surface area contributed by atoms with E-state index in [9.17, 15) is 19.5 Å². The Hall–Kier alpha value is -2.71. The Morgan fingerprint density at radius 2 is 0.898 bits per heavy atom. The third kappa shape index (κ3) is 40.5. The van der Waals surface area contributed by atoms with Gasteiger partial charge in [-0.3, -0.25) is 9.59 Å². The van der Waals surface area contributed by atoms with E-state index in [1.54, 1.807) is 0 Å². The average molecular weight is 831 g/mol. The van der Waals surface area contributed by atoms with Gasteiger partial charge in [0, 0.05) is 19.3 Å². The van der Waals surface area contributed by atoms with Gasteiger partial charge in [0.1, 0.15) is 6.61 Å². The lowest BCUT2D eigenvalue weighted by molar-refractivity contribution is -0.887. The largest absolute Gasteiger partial charge is 0.477 e. The molecule has 0 aliphatic heterocycles. The van der Waals surface area contributed by atoms with Gasteiger partial charge in [0.15, 0.2) is 12.1 Å². The summed E-state index contributed by atoms with van der Waals surface area (Å²) in [4.78, 5) is 37.1. The molecule has 8 nitrogen and oxygen atoms in total. The molecule has 0 saturated heterocycles. The van der Waals surface area contributed by atoms with Crippen LogP contribution in [0.1, 0.15) is 206 Å². The lowest BCUT2D eigenvalue weighted by atomic mass is 10.0. The Balaban J connectivity index is 4.34. The van der Waals surface area contributed by atoms with Gasteiger partial charge in [0.05, 0.1) is 34.4 Å². The van der Waals surface area contributed by atoms with Crippen molar-refractivity contribution in [3.8, 4) is 0 Å². The average Bonchev–Trinajstić information content (AvgIpc) is 3.19. The van der Waals surface area contributed by atoms with Crippen LogP contribution in [0.5, 0.6) is 0 Å². The summed E-state index contributed by atoms with van der Waals surface area (Å²) in [5.41, 5.74) is 0. The first-order chi connectivity index (χ1) is 28.6. The fourth-order valence-corrected chi connectivity index (χ4v) is 7.05. The molecule has 0 bridgehead atoms. The number of carboxylic acid groups (broad SMARTS) is 1. The Morgan fingerprint density at radius 3 is 1.36 bits per heavy atom. The maximum absolute atomic E-state index is 12.8. The minimum absolute atomic E-state index is 0.0524. The number of carboxylic acids is 1. The third-order valence-corrected chi connectivity index (χ3v) is 10.8. The quantitative estimate of drug-likeness (QED) is 0.0283. The van der Waals surface area contributed by atoms with Crippen molar-refractivity contribution in [2.24, 2.45) is 0 Å². The molecule has 2 unspecified atom stereocenters. The van der Waals surface area contributed by atoms with Crippen LogP contribution in [0.25, 0.3) is 0 Å². The second-order valence-corrected chi connectivity index (χ2v) is 17.5. The van der Waals surface area contributed by atoms with Gasteiger partial charge in [-0.1, -0.05) is 197 Å². The number of hydrogen-bond donors (Lipinski definition) is 1. The fraction of sp³-hybridized carbons (Fsp3) is 0.784. The van der Waals surface area contributed by atoms with Gasteiger partial charge in [-0.2, -0.15) is 0 Å². The molecule has 0 radical (unpaired) electrons. The molecule has 0 aromatic carbocycles. The van der Waals surface area contributed by atoms with E-state index in [1.165, 1.54) is 109 Å². The molecular weight excluding hydrogens is 739 g/mol. The summed E-state index contributed by atoms with van der Waals surface area (Å²) in [6.07, 6.45) is 50.0. The minimum Gasteiger partial charge on any atom is -0.477 e. The third-order valence-electron chi connectivity index (χ3n) is 10.8. The van der Waals surface area contributed by atoms with Crippen molar-refractivity contribution in [1.29, 1.82) is 0 Å². The first-order valence-electron chi connectivity index (χ1n) is 24.2. The standard InChI is InChI=1S/C51H91NO7/c1-6-8-10-12-14-16-18-20-22-24-26-28-30-32-34-36-38-40-42-50(54)59-47(45-57-44-43-48(51(55)56)52(3,4)5)46-58-49(53)41-39-37-35-33-31-29-27-25-23-21-19-17-15-13-11-9-7-2/h14,16,18,20,22,24,26,28,47-48H,6-13,15,17,19,21,23,25,27,29-46H2,1-5H3/p+1/b16-14+,20-18+,24-22+,28-26+. The van der Waals surface area contributed by atoms with Crippen LogP contribution in [-0.2, 0) is 28.6 Å². The maximum Gasteiger partial charge on any atom is 0.362 e. The SMILES string of the molecule is CCCCC/C=C/C=C/C=C/C=C/CCCCCCCC(=O)OC(COCCC(C(=O)O)[N+](C)(C)C)COC(=O)CCCCCCCCCCCCCCCCCCC. The Labute approximate surface area is 363 Å². The number of unbranched alkanes of at least 4 members (excludes halogenated alkanes) is 24. The highest BCUT2D eigenvalue weighted by atomic mass is 16.6. The van der Waals surface area contributed by atoms with Crippen molar-refractivity contribution in [3.05, 3.63) is 48.6 Å². The van der Waals surface area contributed by atoms with E-state index in [1.807, 2.05) is 21.1 Å². The predicted molar refractivity (Wildman–Crippen MR) is 248 cm³/mol. The van der Waals surface area contributed by atoms with Gasteiger partial charge in [-0.15, -0.1) is 0 Å². The molecule has 0 aromatic heterocycles. The molecule has 0 aliphatic rings. The number of ether oxygens (including phenoxy) is 3. The number of carbonyl (C=O) groups excluding carboxylic acids is 2. The van der Waals surface area contributed by atoms with Crippen molar-refractivity contribution in [3.63, 3.8) is 0 Å². The molecule has 342 valence electrons. The van der Waals surface area contributed by atoms with Crippen LogP contribution in [0.3, 0.4) is 0 Å². The normalized spacial score (nSPS) is 13.3. The van der Waals surface area contributed by atoms with E-state index in [-0.39, 0.29) is 36.2 Å². The highest BCUT2D eigenvalue weighted by molar-refractivity contribution is 5.72.